The third-order valence-electron chi connectivity index (χ3n) is 7.95. The van der Waals surface area contributed by atoms with Gasteiger partial charge in [0, 0.05) is 6.07 Å². The molecule has 244 valence electrons. The largest absolute Gasteiger partial charge is 0.507 e. The number of halogens is 3. The number of aryl methyl sites for hydroxylation is 1. The number of rotatable bonds is 9. The van der Waals surface area contributed by atoms with Crippen LogP contribution in [-0.2, 0) is 21.7 Å². The molecule has 0 saturated carbocycles. The molecule has 2 N–H and O–H groups in total. The van der Waals surface area contributed by atoms with Crippen LogP contribution >= 0.6 is 0 Å². The Morgan fingerprint density at radius 1 is 0.844 bits per heavy atom. The summed E-state index contributed by atoms with van der Waals surface area (Å²) in [4.78, 5) is 33.5. The summed E-state index contributed by atoms with van der Waals surface area (Å²) in [6.45, 7) is 13.8. The standard InChI is InChI=1S/C20H20F3NO5.C13H18O3/c1-5-19(2,3)12-6-8-16(14(10-12)18(25)28-4)29-17-9-7-13(20(21,22)23)11-15(17)24(26)27;1-5-13(3,4)9-6-8(2)11(14)10(7-9)12(15)16/h6-11H,5H2,1-4H3;6-7,14H,5H2,1-4H3,(H,15,16). The molecule has 12 heteroatoms. The molecular formula is C33H38F3NO8. The van der Waals surface area contributed by atoms with E-state index in [2.05, 4.69) is 20.8 Å². The molecule has 3 aromatic carbocycles. The van der Waals surface area contributed by atoms with Crippen LogP contribution in [0.2, 0.25) is 0 Å². The Labute approximate surface area is 259 Å². The molecule has 3 rings (SSSR count). The summed E-state index contributed by atoms with van der Waals surface area (Å²) >= 11 is 0. The summed E-state index contributed by atoms with van der Waals surface area (Å²) in [5.41, 5.74) is -0.0194. The number of phenols is 1. The van der Waals surface area contributed by atoms with E-state index in [-0.39, 0.29) is 33.5 Å². The summed E-state index contributed by atoms with van der Waals surface area (Å²) in [5.74, 6) is -2.44. The highest BCUT2D eigenvalue weighted by molar-refractivity contribution is 5.93. The van der Waals surface area contributed by atoms with Crippen LogP contribution in [0.1, 0.15) is 97.4 Å². The van der Waals surface area contributed by atoms with E-state index in [0.29, 0.717) is 17.7 Å². The number of nitro benzene ring substituents is 1. The molecule has 0 aliphatic rings. The molecule has 0 heterocycles. The maximum Gasteiger partial charge on any atom is 0.416 e. The number of hydrogen-bond acceptors (Lipinski definition) is 7. The minimum atomic E-state index is -4.74. The van der Waals surface area contributed by atoms with Crippen molar-refractivity contribution in [3.8, 4) is 17.2 Å². The van der Waals surface area contributed by atoms with Crippen LogP contribution < -0.4 is 4.74 Å². The lowest BCUT2D eigenvalue weighted by molar-refractivity contribution is -0.385. The van der Waals surface area contributed by atoms with Gasteiger partial charge in [0.1, 0.15) is 22.6 Å². The summed E-state index contributed by atoms with van der Waals surface area (Å²) in [6, 6.07) is 10.0. The molecular weight excluding hydrogens is 595 g/mol. The van der Waals surface area contributed by atoms with E-state index in [1.165, 1.54) is 13.2 Å². The lowest BCUT2D eigenvalue weighted by atomic mass is 9.80. The molecule has 3 aromatic rings. The van der Waals surface area contributed by atoms with Crippen molar-refractivity contribution < 1.29 is 47.4 Å². The molecule has 0 atom stereocenters. The third kappa shape index (κ3) is 8.74. The number of methoxy groups -OCH3 is 1. The molecule has 0 aliphatic heterocycles. The molecule has 0 unspecified atom stereocenters. The van der Waals surface area contributed by atoms with Gasteiger partial charge in [-0.15, -0.1) is 0 Å². The van der Waals surface area contributed by atoms with Crippen molar-refractivity contribution in [2.45, 2.75) is 78.3 Å². The minimum Gasteiger partial charge on any atom is -0.507 e. The highest BCUT2D eigenvalue weighted by Gasteiger charge is 2.34. The fourth-order valence-corrected chi connectivity index (χ4v) is 4.09. The first-order valence-electron chi connectivity index (χ1n) is 14.0. The van der Waals surface area contributed by atoms with Crippen LogP contribution in [0.15, 0.2) is 48.5 Å². The number of carboxylic acids is 1. The van der Waals surface area contributed by atoms with E-state index in [1.807, 2.05) is 26.8 Å². The molecule has 45 heavy (non-hydrogen) atoms. The number of aromatic hydroxyl groups is 1. The van der Waals surface area contributed by atoms with Gasteiger partial charge in [0.15, 0.2) is 0 Å². The van der Waals surface area contributed by atoms with Crippen molar-refractivity contribution in [3.05, 3.63) is 92.0 Å². The topological polar surface area (TPSA) is 136 Å². The molecule has 0 aromatic heterocycles. The number of hydrogen-bond donors (Lipinski definition) is 2. The molecule has 0 saturated heterocycles. The number of carboxylic acid groups (broad SMARTS) is 1. The predicted molar refractivity (Wildman–Crippen MR) is 162 cm³/mol. The zero-order valence-electron chi connectivity index (χ0n) is 26.5. The second-order valence-corrected chi connectivity index (χ2v) is 11.7. The highest BCUT2D eigenvalue weighted by atomic mass is 19.4. The minimum absolute atomic E-state index is 0.0146. The Morgan fingerprint density at radius 2 is 1.36 bits per heavy atom. The fourth-order valence-electron chi connectivity index (χ4n) is 4.09. The van der Waals surface area contributed by atoms with Crippen molar-refractivity contribution in [1.29, 1.82) is 0 Å². The Hall–Kier alpha value is -4.61. The van der Waals surface area contributed by atoms with Gasteiger partial charge >= 0.3 is 23.8 Å². The lowest BCUT2D eigenvalue weighted by Gasteiger charge is -2.24. The number of esters is 1. The first kappa shape index (κ1) is 36.6. The van der Waals surface area contributed by atoms with Crippen molar-refractivity contribution in [2.75, 3.05) is 7.11 Å². The van der Waals surface area contributed by atoms with Gasteiger partial charge in [0.2, 0.25) is 5.75 Å². The van der Waals surface area contributed by atoms with Gasteiger partial charge in [-0.1, -0.05) is 53.7 Å². The van der Waals surface area contributed by atoms with Crippen molar-refractivity contribution in [1.82, 2.24) is 0 Å². The second-order valence-electron chi connectivity index (χ2n) is 11.7. The number of nitrogens with zero attached hydrogens (tertiary/aromatic N) is 1. The average molecular weight is 634 g/mol. The molecule has 0 aliphatic carbocycles. The number of ether oxygens (including phenoxy) is 2. The van der Waals surface area contributed by atoms with Gasteiger partial charge in [-0.2, -0.15) is 13.2 Å². The Kier molecular flexibility index (Phi) is 11.4. The highest BCUT2D eigenvalue weighted by Crippen LogP contribution is 2.40. The van der Waals surface area contributed by atoms with Crippen molar-refractivity contribution >= 4 is 17.6 Å². The molecule has 0 amide bonds. The van der Waals surface area contributed by atoms with Crippen LogP contribution in [0.25, 0.3) is 0 Å². The Balaban J connectivity index is 0.000000372. The maximum atomic E-state index is 12.9. The first-order chi connectivity index (χ1) is 20.7. The molecule has 0 spiro atoms. The van der Waals surface area contributed by atoms with Crippen LogP contribution in [0.4, 0.5) is 18.9 Å². The van der Waals surface area contributed by atoms with Gasteiger partial charge in [-0.3, -0.25) is 10.1 Å². The summed E-state index contributed by atoms with van der Waals surface area (Å²) in [7, 11) is 1.17. The first-order valence-corrected chi connectivity index (χ1v) is 14.0. The molecule has 0 fully saturated rings. The van der Waals surface area contributed by atoms with Crippen molar-refractivity contribution in [2.24, 2.45) is 0 Å². The fraction of sp³-hybridized carbons (Fsp3) is 0.394. The Morgan fingerprint density at radius 3 is 1.84 bits per heavy atom. The number of carbonyl (C=O) groups excluding carboxylic acids is 1. The molecule has 9 nitrogen and oxygen atoms in total. The molecule has 0 radical (unpaired) electrons. The number of benzene rings is 3. The summed E-state index contributed by atoms with van der Waals surface area (Å²) in [6.07, 6.45) is -3.05. The number of aromatic carboxylic acids is 1. The predicted octanol–water partition coefficient (Wildman–Crippen LogP) is 8.97. The normalized spacial score (nSPS) is 11.7. The zero-order chi connectivity index (χ0) is 34.5. The smallest absolute Gasteiger partial charge is 0.416 e. The number of carbonyl (C=O) groups is 2. The quantitative estimate of drug-likeness (QED) is 0.135. The average Bonchev–Trinajstić information content (AvgIpc) is 2.97. The second kappa shape index (κ2) is 14.0. The zero-order valence-corrected chi connectivity index (χ0v) is 26.5. The van der Waals surface area contributed by atoms with Crippen LogP contribution in [0.5, 0.6) is 17.2 Å². The van der Waals surface area contributed by atoms with Crippen LogP contribution in [0, 0.1) is 17.0 Å². The van der Waals surface area contributed by atoms with E-state index >= 15 is 0 Å². The summed E-state index contributed by atoms with van der Waals surface area (Å²) < 4.78 is 48.9. The molecule has 0 bridgehead atoms. The van der Waals surface area contributed by atoms with E-state index in [4.69, 9.17) is 14.6 Å². The van der Waals surface area contributed by atoms with Crippen LogP contribution in [0.3, 0.4) is 0 Å². The van der Waals surface area contributed by atoms with E-state index in [9.17, 15) is 38.0 Å². The SMILES string of the molecule is CCC(C)(C)c1cc(C)c(O)c(C(=O)O)c1.CCC(C)(C)c1ccc(Oc2ccc(C(F)(F)F)cc2[N+](=O)[O-])c(C(=O)OC)c1. The Bertz CT molecular complexity index is 1580. The van der Waals surface area contributed by atoms with Gasteiger partial charge < -0.3 is 19.7 Å². The number of alkyl halides is 3. The van der Waals surface area contributed by atoms with E-state index in [0.717, 1.165) is 30.0 Å². The third-order valence-corrected chi connectivity index (χ3v) is 7.95. The summed E-state index contributed by atoms with van der Waals surface area (Å²) in [5, 5.41) is 29.9. The van der Waals surface area contributed by atoms with Gasteiger partial charge in [0.05, 0.1) is 17.6 Å². The van der Waals surface area contributed by atoms with Gasteiger partial charge in [0.25, 0.3) is 0 Å². The van der Waals surface area contributed by atoms with Crippen LogP contribution in [-0.4, -0.2) is 34.2 Å². The van der Waals surface area contributed by atoms with Gasteiger partial charge in [-0.25, -0.2) is 9.59 Å². The van der Waals surface area contributed by atoms with Gasteiger partial charge in [-0.05, 0) is 77.6 Å². The van der Waals surface area contributed by atoms with E-state index < -0.39 is 40.0 Å². The van der Waals surface area contributed by atoms with Crippen molar-refractivity contribution in [3.63, 3.8) is 0 Å². The van der Waals surface area contributed by atoms with E-state index in [1.54, 1.807) is 25.1 Å². The monoisotopic (exact) mass is 633 g/mol. The lowest BCUT2D eigenvalue weighted by Crippen LogP contribution is -2.17. The maximum absolute atomic E-state index is 12.9. The number of nitro groups is 1.